The van der Waals surface area contributed by atoms with Gasteiger partial charge >= 0.3 is 5.97 Å². The standard InChI is InChI=1S/C18H13BrN4O5/c19-12-7-5-11(6-8-12)14-9-15(22-21-14)18(25)28-10-17(24)20-13-3-1-2-4-16(13)23(26)27/h1-9H,10H2,(H,20,24)(H,21,22). The van der Waals surface area contributed by atoms with Gasteiger partial charge in [0, 0.05) is 16.1 Å². The highest BCUT2D eigenvalue weighted by molar-refractivity contribution is 9.10. The van der Waals surface area contributed by atoms with Gasteiger partial charge in [0.05, 0.1) is 10.6 Å². The Morgan fingerprint density at radius 1 is 1.18 bits per heavy atom. The summed E-state index contributed by atoms with van der Waals surface area (Å²) < 4.78 is 5.84. The number of ether oxygens (including phenoxy) is 1. The number of amides is 1. The number of H-pyrrole nitrogens is 1. The Morgan fingerprint density at radius 2 is 1.89 bits per heavy atom. The number of para-hydroxylation sites is 2. The van der Waals surface area contributed by atoms with E-state index >= 15 is 0 Å². The van der Waals surface area contributed by atoms with Crippen LogP contribution >= 0.6 is 15.9 Å². The van der Waals surface area contributed by atoms with Crippen LogP contribution in [-0.4, -0.2) is 33.6 Å². The molecule has 1 heterocycles. The Labute approximate surface area is 167 Å². The Kier molecular flexibility index (Phi) is 5.80. The number of halogens is 1. The van der Waals surface area contributed by atoms with Crippen molar-refractivity contribution in [2.45, 2.75) is 0 Å². The molecule has 3 rings (SSSR count). The molecule has 1 amide bonds. The number of hydrogen-bond donors (Lipinski definition) is 2. The Hall–Kier alpha value is -3.53. The van der Waals surface area contributed by atoms with E-state index in [1.165, 1.54) is 24.3 Å². The lowest BCUT2D eigenvalue weighted by Crippen LogP contribution is -2.21. The summed E-state index contributed by atoms with van der Waals surface area (Å²) in [6.07, 6.45) is 0. The molecule has 9 nitrogen and oxygen atoms in total. The fourth-order valence-electron chi connectivity index (χ4n) is 2.33. The Morgan fingerprint density at radius 3 is 2.61 bits per heavy atom. The number of nitrogens with zero attached hydrogens (tertiary/aromatic N) is 2. The summed E-state index contributed by atoms with van der Waals surface area (Å²) in [5, 5.41) is 19.9. The molecule has 0 saturated carbocycles. The van der Waals surface area contributed by atoms with Crippen molar-refractivity contribution in [1.82, 2.24) is 10.2 Å². The van der Waals surface area contributed by atoms with Crippen LogP contribution in [0.2, 0.25) is 0 Å². The lowest BCUT2D eigenvalue weighted by Gasteiger charge is -2.06. The lowest BCUT2D eigenvalue weighted by atomic mass is 10.1. The average Bonchev–Trinajstić information content (AvgIpc) is 3.17. The van der Waals surface area contributed by atoms with E-state index in [-0.39, 0.29) is 17.1 Å². The first-order valence-electron chi connectivity index (χ1n) is 7.96. The number of benzene rings is 2. The predicted octanol–water partition coefficient (Wildman–Crippen LogP) is 3.54. The molecule has 0 unspecified atom stereocenters. The topological polar surface area (TPSA) is 127 Å². The number of hydrogen-bond acceptors (Lipinski definition) is 6. The molecule has 0 bridgehead atoms. The molecule has 1 aromatic heterocycles. The molecule has 0 aliphatic carbocycles. The van der Waals surface area contributed by atoms with Crippen molar-refractivity contribution in [3.63, 3.8) is 0 Å². The maximum Gasteiger partial charge on any atom is 0.356 e. The Bertz CT molecular complexity index is 1030. The molecule has 142 valence electrons. The molecular formula is C18H13BrN4O5. The van der Waals surface area contributed by atoms with Crippen LogP contribution in [0.5, 0.6) is 0 Å². The minimum Gasteiger partial charge on any atom is -0.451 e. The molecule has 2 N–H and O–H groups in total. The number of carbonyl (C=O) groups is 2. The SMILES string of the molecule is O=C(COC(=O)c1cc(-c2ccc(Br)cc2)n[nH]1)Nc1ccccc1[N+](=O)[O-]. The van der Waals surface area contributed by atoms with Crippen LogP contribution in [0.1, 0.15) is 10.5 Å². The number of anilines is 1. The Balaban J connectivity index is 1.59. The molecule has 0 aliphatic heterocycles. The summed E-state index contributed by atoms with van der Waals surface area (Å²) in [5.41, 5.74) is 1.19. The highest BCUT2D eigenvalue weighted by Crippen LogP contribution is 2.23. The van der Waals surface area contributed by atoms with Gasteiger partial charge in [-0.25, -0.2) is 4.79 Å². The van der Waals surface area contributed by atoms with Crippen LogP contribution in [-0.2, 0) is 9.53 Å². The highest BCUT2D eigenvalue weighted by Gasteiger charge is 2.17. The van der Waals surface area contributed by atoms with Crippen molar-refractivity contribution in [2.24, 2.45) is 0 Å². The van der Waals surface area contributed by atoms with Crippen molar-refractivity contribution in [3.8, 4) is 11.3 Å². The van der Waals surface area contributed by atoms with Gasteiger partial charge in [-0.3, -0.25) is 20.0 Å². The smallest absolute Gasteiger partial charge is 0.356 e. The van der Waals surface area contributed by atoms with E-state index in [2.05, 4.69) is 31.4 Å². The van der Waals surface area contributed by atoms with Gasteiger partial charge in [0.15, 0.2) is 6.61 Å². The molecule has 0 radical (unpaired) electrons. The van der Waals surface area contributed by atoms with Crippen LogP contribution in [0.4, 0.5) is 11.4 Å². The average molecular weight is 445 g/mol. The third-order valence-corrected chi connectivity index (χ3v) is 4.18. The molecule has 0 atom stereocenters. The van der Waals surface area contributed by atoms with Crippen molar-refractivity contribution < 1.29 is 19.2 Å². The first-order valence-corrected chi connectivity index (χ1v) is 8.75. The van der Waals surface area contributed by atoms with Crippen LogP contribution in [0.15, 0.2) is 59.1 Å². The van der Waals surface area contributed by atoms with E-state index in [0.29, 0.717) is 5.69 Å². The van der Waals surface area contributed by atoms with Crippen molar-refractivity contribution in [3.05, 3.63) is 74.9 Å². The minimum absolute atomic E-state index is 0.0209. The summed E-state index contributed by atoms with van der Waals surface area (Å²) in [6, 6.07) is 14.5. The number of nitrogens with one attached hydrogen (secondary N) is 2. The molecule has 3 aromatic rings. The van der Waals surface area contributed by atoms with Gasteiger partial charge in [-0.05, 0) is 24.3 Å². The van der Waals surface area contributed by atoms with Gasteiger partial charge in [-0.1, -0.05) is 40.2 Å². The first-order chi connectivity index (χ1) is 13.4. The zero-order valence-corrected chi connectivity index (χ0v) is 15.8. The van der Waals surface area contributed by atoms with Crippen LogP contribution in [0.3, 0.4) is 0 Å². The predicted molar refractivity (Wildman–Crippen MR) is 104 cm³/mol. The van der Waals surface area contributed by atoms with E-state index in [1.807, 2.05) is 24.3 Å². The number of nitro benzene ring substituents is 1. The van der Waals surface area contributed by atoms with Gasteiger partial charge < -0.3 is 10.1 Å². The summed E-state index contributed by atoms with van der Waals surface area (Å²) in [5.74, 6) is -1.47. The van der Waals surface area contributed by atoms with E-state index in [1.54, 1.807) is 6.07 Å². The maximum absolute atomic E-state index is 12.1. The van der Waals surface area contributed by atoms with Gasteiger partial charge in [-0.15, -0.1) is 0 Å². The second-order valence-corrected chi connectivity index (χ2v) is 6.49. The van der Waals surface area contributed by atoms with E-state index in [9.17, 15) is 19.7 Å². The quantitative estimate of drug-likeness (QED) is 0.340. The van der Waals surface area contributed by atoms with Crippen molar-refractivity contribution in [2.75, 3.05) is 11.9 Å². The number of nitro groups is 1. The van der Waals surface area contributed by atoms with Crippen LogP contribution in [0, 0.1) is 10.1 Å². The third-order valence-electron chi connectivity index (χ3n) is 3.65. The summed E-state index contributed by atoms with van der Waals surface area (Å²) in [7, 11) is 0. The summed E-state index contributed by atoms with van der Waals surface area (Å²) in [6.45, 7) is -0.600. The first kappa shape index (κ1) is 19.2. The normalized spacial score (nSPS) is 10.3. The van der Waals surface area contributed by atoms with E-state index < -0.39 is 23.4 Å². The number of aromatic amines is 1. The molecule has 0 saturated heterocycles. The van der Waals surface area contributed by atoms with Gasteiger partial charge in [-0.2, -0.15) is 5.10 Å². The molecule has 0 aliphatic rings. The van der Waals surface area contributed by atoms with Gasteiger partial charge in [0.2, 0.25) is 0 Å². The highest BCUT2D eigenvalue weighted by atomic mass is 79.9. The molecular weight excluding hydrogens is 432 g/mol. The van der Waals surface area contributed by atoms with Crippen molar-refractivity contribution in [1.29, 1.82) is 0 Å². The number of esters is 1. The molecule has 10 heteroatoms. The molecule has 0 fully saturated rings. The number of aromatic nitrogens is 2. The molecule has 0 spiro atoms. The zero-order valence-electron chi connectivity index (χ0n) is 14.2. The minimum atomic E-state index is -0.770. The molecule has 2 aromatic carbocycles. The third kappa shape index (κ3) is 4.60. The monoisotopic (exact) mass is 444 g/mol. The van der Waals surface area contributed by atoms with Gasteiger partial charge in [0.25, 0.3) is 11.6 Å². The zero-order chi connectivity index (χ0) is 20.1. The van der Waals surface area contributed by atoms with Crippen LogP contribution in [0.25, 0.3) is 11.3 Å². The second-order valence-electron chi connectivity index (χ2n) is 5.57. The maximum atomic E-state index is 12.1. The summed E-state index contributed by atoms with van der Waals surface area (Å²) >= 11 is 3.34. The fraction of sp³-hybridized carbons (Fsp3) is 0.0556. The van der Waals surface area contributed by atoms with Crippen LogP contribution < -0.4 is 5.32 Å². The number of rotatable bonds is 6. The van der Waals surface area contributed by atoms with E-state index in [0.717, 1.165) is 10.0 Å². The summed E-state index contributed by atoms with van der Waals surface area (Å²) in [4.78, 5) is 34.4. The van der Waals surface area contributed by atoms with Gasteiger partial charge in [0.1, 0.15) is 11.4 Å². The van der Waals surface area contributed by atoms with Crippen molar-refractivity contribution >= 4 is 39.2 Å². The molecule has 28 heavy (non-hydrogen) atoms. The number of carbonyl (C=O) groups excluding carboxylic acids is 2. The lowest BCUT2D eigenvalue weighted by molar-refractivity contribution is -0.383. The largest absolute Gasteiger partial charge is 0.451 e. The fourth-order valence-corrected chi connectivity index (χ4v) is 2.59. The second kappa shape index (κ2) is 8.44. The van der Waals surface area contributed by atoms with E-state index in [4.69, 9.17) is 4.74 Å².